The molecule has 96 valence electrons. The zero-order chi connectivity index (χ0) is 12.5. The highest BCUT2D eigenvalue weighted by molar-refractivity contribution is 5.84. The van der Waals surface area contributed by atoms with Gasteiger partial charge >= 0.3 is 5.97 Å². The Morgan fingerprint density at radius 1 is 1.24 bits per heavy atom. The quantitative estimate of drug-likeness (QED) is 0.668. The van der Waals surface area contributed by atoms with E-state index in [9.17, 15) is 4.79 Å². The lowest BCUT2D eigenvalue weighted by Gasteiger charge is -2.02. The number of carboxylic acids is 1. The second kappa shape index (κ2) is 7.76. The van der Waals surface area contributed by atoms with E-state index in [0.717, 1.165) is 12.8 Å². The van der Waals surface area contributed by atoms with E-state index in [-0.39, 0.29) is 11.7 Å². The van der Waals surface area contributed by atoms with Crippen molar-refractivity contribution in [3.8, 4) is 5.95 Å². The number of unbranched alkanes of at least 4 members (excludes halogenated alkanes) is 5. The Hall–Kier alpha value is -1.45. The fourth-order valence-electron chi connectivity index (χ4n) is 1.57. The van der Waals surface area contributed by atoms with E-state index in [1.165, 1.54) is 31.7 Å². The van der Waals surface area contributed by atoms with Gasteiger partial charge in [0.25, 0.3) is 5.95 Å². The van der Waals surface area contributed by atoms with Crippen LogP contribution in [0.25, 0.3) is 0 Å². The second-order valence-corrected chi connectivity index (χ2v) is 4.04. The number of furan rings is 1. The summed E-state index contributed by atoms with van der Waals surface area (Å²) in [5.74, 6) is -0.863. The first-order chi connectivity index (χ1) is 8.24. The summed E-state index contributed by atoms with van der Waals surface area (Å²) in [4.78, 5) is 10.5. The Bertz CT molecular complexity index is 330. The van der Waals surface area contributed by atoms with Crippen LogP contribution in [0.2, 0.25) is 0 Å². The van der Waals surface area contributed by atoms with E-state index >= 15 is 0 Å². The third-order valence-electron chi connectivity index (χ3n) is 2.53. The van der Waals surface area contributed by atoms with Crippen LogP contribution in [0, 0.1) is 0 Å². The highest BCUT2D eigenvalue weighted by Crippen LogP contribution is 2.16. The summed E-state index contributed by atoms with van der Waals surface area (Å²) in [7, 11) is 0. The average Bonchev–Trinajstić information content (AvgIpc) is 2.77. The maximum atomic E-state index is 10.5. The van der Waals surface area contributed by atoms with Crippen LogP contribution >= 0.6 is 0 Å². The molecule has 0 amide bonds. The predicted molar refractivity (Wildman–Crippen MR) is 64.5 cm³/mol. The molecule has 0 saturated carbocycles. The lowest BCUT2D eigenvalue weighted by Crippen LogP contribution is -1.96. The monoisotopic (exact) mass is 240 g/mol. The van der Waals surface area contributed by atoms with Gasteiger partial charge in [0.05, 0.1) is 6.61 Å². The molecule has 1 heterocycles. The predicted octanol–water partition coefficient (Wildman–Crippen LogP) is 3.72. The number of carbonyl (C=O) groups is 1. The minimum absolute atomic E-state index is 0.0806. The Labute approximate surface area is 102 Å². The van der Waals surface area contributed by atoms with E-state index in [1.54, 1.807) is 6.07 Å². The minimum Gasteiger partial charge on any atom is -0.475 e. The number of hydrogen-bond donors (Lipinski definition) is 1. The molecule has 0 aliphatic carbocycles. The summed E-state index contributed by atoms with van der Waals surface area (Å²) < 4.78 is 10.3. The van der Waals surface area contributed by atoms with Gasteiger partial charge in [0.2, 0.25) is 5.76 Å². The van der Waals surface area contributed by atoms with Crippen LogP contribution in [0.4, 0.5) is 0 Å². The van der Waals surface area contributed by atoms with Gasteiger partial charge in [-0.05, 0) is 12.5 Å². The normalized spacial score (nSPS) is 10.4. The summed E-state index contributed by atoms with van der Waals surface area (Å²) in [6.45, 7) is 2.78. The topological polar surface area (TPSA) is 59.7 Å². The molecule has 0 unspecified atom stereocenters. The number of carboxylic acid groups (broad SMARTS) is 1. The zero-order valence-electron chi connectivity index (χ0n) is 10.3. The summed E-state index contributed by atoms with van der Waals surface area (Å²) in [6.07, 6.45) is 7.18. The van der Waals surface area contributed by atoms with E-state index in [1.807, 2.05) is 0 Å². The van der Waals surface area contributed by atoms with Gasteiger partial charge in [-0.1, -0.05) is 39.0 Å². The summed E-state index contributed by atoms with van der Waals surface area (Å²) >= 11 is 0. The molecular formula is C13H20O4. The molecule has 0 aliphatic rings. The van der Waals surface area contributed by atoms with Crippen molar-refractivity contribution in [1.82, 2.24) is 0 Å². The van der Waals surface area contributed by atoms with Crippen molar-refractivity contribution in [2.75, 3.05) is 6.61 Å². The van der Waals surface area contributed by atoms with Gasteiger partial charge in [0, 0.05) is 6.07 Å². The van der Waals surface area contributed by atoms with Crippen molar-refractivity contribution in [1.29, 1.82) is 0 Å². The highest BCUT2D eigenvalue weighted by Gasteiger charge is 2.08. The molecule has 4 heteroatoms. The van der Waals surface area contributed by atoms with E-state index in [0.29, 0.717) is 6.61 Å². The lowest BCUT2D eigenvalue weighted by molar-refractivity contribution is 0.0653. The molecule has 1 rings (SSSR count). The maximum Gasteiger partial charge on any atom is 0.371 e. The molecule has 0 bridgehead atoms. The SMILES string of the molecule is CCCCCCCCOc1ccc(C(=O)O)o1. The van der Waals surface area contributed by atoms with E-state index < -0.39 is 5.97 Å². The van der Waals surface area contributed by atoms with Crippen molar-refractivity contribution in [2.45, 2.75) is 45.4 Å². The summed E-state index contributed by atoms with van der Waals surface area (Å²) in [6, 6.07) is 2.94. The number of ether oxygens (including phenoxy) is 1. The Kier molecular flexibility index (Phi) is 6.22. The van der Waals surface area contributed by atoms with Crippen molar-refractivity contribution in [2.24, 2.45) is 0 Å². The van der Waals surface area contributed by atoms with Crippen LogP contribution in [0.1, 0.15) is 56.0 Å². The maximum absolute atomic E-state index is 10.5. The standard InChI is InChI=1S/C13H20O4/c1-2-3-4-5-6-7-10-16-12-9-8-11(17-12)13(14)15/h8-9H,2-7,10H2,1H3,(H,14,15). The largest absolute Gasteiger partial charge is 0.475 e. The highest BCUT2D eigenvalue weighted by atomic mass is 16.6. The van der Waals surface area contributed by atoms with Crippen LogP contribution < -0.4 is 4.74 Å². The van der Waals surface area contributed by atoms with Crippen LogP contribution in [0.5, 0.6) is 5.95 Å². The molecule has 1 aromatic rings. The van der Waals surface area contributed by atoms with Gasteiger partial charge in [-0.25, -0.2) is 4.79 Å². The van der Waals surface area contributed by atoms with Crippen molar-refractivity contribution < 1.29 is 19.1 Å². The third kappa shape index (κ3) is 5.43. The number of hydrogen-bond acceptors (Lipinski definition) is 3. The van der Waals surface area contributed by atoms with Crippen LogP contribution in [0.15, 0.2) is 16.5 Å². The van der Waals surface area contributed by atoms with Gasteiger partial charge in [-0.2, -0.15) is 0 Å². The zero-order valence-corrected chi connectivity index (χ0v) is 10.3. The average molecular weight is 240 g/mol. The molecule has 0 fully saturated rings. The van der Waals surface area contributed by atoms with Crippen molar-refractivity contribution in [3.63, 3.8) is 0 Å². The molecule has 0 aliphatic heterocycles. The number of aromatic carboxylic acids is 1. The van der Waals surface area contributed by atoms with Crippen LogP contribution in [0.3, 0.4) is 0 Å². The molecule has 0 radical (unpaired) electrons. The fraction of sp³-hybridized carbons (Fsp3) is 0.615. The van der Waals surface area contributed by atoms with Crippen molar-refractivity contribution >= 4 is 5.97 Å². The second-order valence-electron chi connectivity index (χ2n) is 4.04. The summed E-state index contributed by atoms with van der Waals surface area (Å²) in [5.41, 5.74) is 0. The first kappa shape index (κ1) is 13.6. The van der Waals surface area contributed by atoms with Gasteiger partial charge in [0.1, 0.15) is 0 Å². The molecule has 1 N–H and O–H groups in total. The van der Waals surface area contributed by atoms with Gasteiger partial charge in [-0.15, -0.1) is 0 Å². The molecule has 0 spiro atoms. The Morgan fingerprint density at radius 2 is 1.94 bits per heavy atom. The molecular weight excluding hydrogens is 220 g/mol. The minimum atomic E-state index is -1.07. The smallest absolute Gasteiger partial charge is 0.371 e. The third-order valence-corrected chi connectivity index (χ3v) is 2.53. The fourth-order valence-corrected chi connectivity index (χ4v) is 1.57. The van der Waals surface area contributed by atoms with Crippen LogP contribution in [-0.4, -0.2) is 17.7 Å². The molecule has 1 aromatic heterocycles. The molecule has 4 nitrogen and oxygen atoms in total. The first-order valence-corrected chi connectivity index (χ1v) is 6.20. The van der Waals surface area contributed by atoms with Crippen LogP contribution in [-0.2, 0) is 0 Å². The lowest BCUT2D eigenvalue weighted by atomic mass is 10.1. The van der Waals surface area contributed by atoms with E-state index in [2.05, 4.69) is 6.92 Å². The number of rotatable bonds is 9. The molecule has 0 saturated heterocycles. The van der Waals surface area contributed by atoms with E-state index in [4.69, 9.17) is 14.3 Å². The summed E-state index contributed by atoms with van der Waals surface area (Å²) in [5, 5.41) is 8.64. The Balaban J connectivity index is 2.07. The van der Waals surface area contributed by atoms with Crippen molar-refractivity contribution in [3.05, 3.63) is 17.9 Å². The van der Waals surface area contributed by atoms with Gasteiger partial charge in [0.15, 0.2) is 0 Å². The molecule has 17 heavy (non-hydrogen) atoms. The molecule has 0 atom stereocenters. The molecule has 0 aromatic carbocycles. The van der Waals surface area contributed by atoms with Gasteiger partial charge < -0.3 is 14.3 Å². The Morgan fingerprint density at radius 3 is 2.59 bits per heavy atom. The first-order valence-electron chi connectivity index (χ1n) is 6.20. The van der Waals surface area contributed by atoms with Gasteiger partial charge in [-0.3, -0.25) is 0 Å².